The lowest BCUT2D eigenvalue weighted by molar-refractivity contribution is -0.127. The van der Waals surface area contributed by atoms with Crippen LogP contribution in [0.1, 0.15) is 55.0 Å². The number of carbonyl (C=O) groups is 2. The summed E-state index contributed by atoms with van der Waals surface area (Å²) in [5.41, 5.74) is 2.74. The van der Waals surface area contributed by atoms with Gasteiger partial charge in [0.05, 0.1) is 12.2 Å². The highest BCUT2D eigenvalue weighted by molar-refractivity contribution is 6.02. The zero-order valence-corrected chi connectivity index (χ0v) is 20.9. The fraction of sp³-hybridized carbons (Fsp3) is 0.393. The zero-order valence-electron chi connectivity index (χ0n) is 20.9. The maximum atomic E-state index is 14.3. The van der Waals surface area contributed by atoms with Gasteiger partial charge >= 0.3 is 0 Å². The lowest BCUT2D eigenvalue weighted by Crippen LogP contribution is -2.49. The number of benzene rings is 2. The van der Waals surface area contributed by atoms with Crippen LogP contribution in [0.3, 0.4) is 0 Å². The van der Waals surface area contributed by atoms with Crippen LogP contribution in [0.2, 0.25) is 0 Å². The van der Waals surface area contributed by atoms with Crippen LogP contribution in [0.4, 0.5) is 10.1 Å². The summed E-state index contributed by atoms with van der Waals surface area (Å²) in [6, 6.07) is 14.4. The second kappa shape index (κ2) is 11.9. The molecule has 1 aliphatic rings. The van der Waals surface area contributed by atoms with Crippen molar-refractivity contribution in [3.63, 3.8) is 0 Å². The zero-order chi connectivity index (χ0) is 25.5. The van der Waals surface area contributed by atoms with Crippen molar-refractivity contribution in [2.24, 2.45) is 7.05 Å². The average molecular weight is 492 g/mol. The maximum Gasteiger partial charge on any atom is 0.248 e. The summed E-state index contributed by atoms with van der Waals surface area (Å²) in [7, 11) is 1.83. The summed E-state index contributed by atoms with van der Waals surface area (Å²) >= 11 is 0. The van der Waals surface area contributed by atoms with E-state index in [0.717, 1.165) is 36.9 Å². The number of rotatable bonds is 9. The van der Waals surface area contributed by atoms with Crippen molar-refractivity contribution in [1.82, 2.24) is 20.4 Å². The number of carbonyl (C=O) groups excluding carboxylic acids is 2. The molecule has 2 amide bonds. The minimum Gasteiger partial charge on any atom is -0.351 e. The molecule has 0 aliphatic heterocycles. The van der Waals surface area contributed by atoms with Crippen molar-refractivity contribution in [2.75, 3.05) is 11.4 Å². The summed E-state index contributed by atoms with van der Waals surface area (Å²) < 4.78 is 16.0. The molecule has 0 spiro atoms. The molecule has 4 rings (SSSR count). The molecule has 1 saturated carbocycles. The predicted octanol–water partition coefficient (Wildman–Crippen LogP) is 4.18. The Morgan fingerprint density at radius 2 is 1.89 bits per heavy atom. The van der Waals surface area contributed by atoms with Gasteiger partial charge in [-0.1, -0.05) is 49.6 Å². The Bertz CT molecular complexity index is 1190. The first kappa shape index (κ1) is 25.6. The Hall–Kier alpha value is -3.52. The molecule has 2 aromatic carbocycles. The topological polar surface area (TPSA) is 79.3 Å². The van der Waals surface area contributed by atoms with Crippen molar-refractivity contribution >= 4 is 17.5 Å². The number of hydrogen-bond acceptors (Lipinski definition) is 4. The van der Waals surface area contributed by atoms with Crippen molar-refractivity contribution in [1.29, 1.82) is 0 Å². The first-order valence-corrected chi connectivity index (χ1v) is 12.5. The molecule has 2 N–H and O–H groups in total. The SMILES string of the molecule is Cc1ccccc1C(C(=O)NC1CCCCC1)N(C(=O)CNCc1ccn(C)n1)c1cccc(F)c1. The molecule has 1 heterocycles. The molecule has 36 heavy (non-hydrogen) atoms. The minimum absolute atomic E-state index is 0.0355. The van der Waals surface area contributed by atoms with Crippen LogP contribution < -0.4 is 15.5 Å². The van der Waals surface area contributed by atoms with Gasteiger partial charge in [0.1, 0.15) is 11.9 Å². The van der Waals surface area contributed by atoms with Gasteiger partial charge < -0.3 is 10.6 Å². The van der Waals surface area contributed by atoms with E-state index in [4.69, 9.17) is 0 Å². The molecular weight excluding hydrogens is 457 g/mol. The van der Waals surface area contributed by atoms with E-state index < -0.39 is 11.9 Å². The van der Waals surface area contributed by atoms with E-state index in [9.17, 15) is 14.0 Å². The van der Waals surface area contributed by atoms with Gasteiger partial charge in [-0.25, -0.2) is 4.39 Å². The van der Waals surface area contributed by atoms with Crippen LogP contribution in [-0.4, -0.2) is 34.2 Å². The number of amides is 2. The summed E-state index contributed by atoms with van der Waals surface area (Å²) in [5.74, 6) is -1.05. The molecule has 1 atom stereocenters. The summed E-state index contributed by atoms with van der Waals surface area (Å²) in [6.45, 7) is 2.28. The largest absolute Gasteiger partial charge is 0.351 e. The minimum atomic E-state index is -0.931. The molecular formula is C28H34FN5O2. The fourth-order valence-electron chi connectivity index (χ4n) is 4.82. The Morgan fingerprint density at radius 1 is 1.11 bits per heavy atom. The average Bonchev–Trinajstić information content (AvgIpc) is 3.28. The standard InChI is InChI=1S/C28H34FN5O2/c1-20-9-6-7-14-25(20)27(28(36)31-22-11-4-3-5-12-22)34(24-13-8-10-21(29)17-24)26(35)19-30-18-23-15-16-33(2)32-23/h6-10,13-17,22,27,30H,3-5,11-12,18-19H2,1-2H3,(H,31,36). The normalized spacial score (nSPS) is 14.9. The molecule has 3 aromatic rings. The summed E-state index contributed by atoms with van der Waals surface area (Å²) in [5, 5.41) is 10.6. The fourth-order valence-corrected chi connectivity index (χ4v) is 4.82. The van der Waals surface area contributed by atoms with E-state index >= 15 is 0 Å². The number of aromatic nitrogens is 2. The molecule has 0 saturated heterocycles. The highest BCUT2D eigenvalue weighted by atomic mass is 19.1. The Morgan fingerprint density at radius 3 is 2.58 bits per heavy atom. The summed E-state index contributed by atoms with van der Waals surface area (Å²) in [6.07, 6.45) is 7.00. The maximum absolute atomic E-state index is 14.3. The molecule has 1 fully saturated rings. The van der Waals surface area contributed by atoms with E-state index in [0.29, 0.717) is 17.8 Å². The molecule has 1 aromatic heterocycles. The third kappa shape index (κ3) is 6.37. The van der Waals surface area contributed by atoms with Gasteiger partial charge in [-0.3, -0.25) is 19.2 Å². The van der Waals surface area contributed by atoms with E-state index in [-0.39, 0.29) is 24.4 Å². The molecule has 8 heteroatoms. The van der Waals surface area contributed by atoms with Crippen LogP contribution in [0.15, 0.2) is 60.8 Å². The van der Waals surface area contributed by atoms with Gasteiger partial charge in [-0.15, -0.1) is 0 Å². The third-order valence-electron chi connectivity index (χ3n) is 6.65. The van der Waals surface area contributed by atoms with Crippen LogP contribution in [0.25, 0.3) is 0 Å². The van der Waals surface area contributed by atoms with Gasteiger partial charge in [0, 0.05) is 31.5 Å². The Balaban J connectivity index is 1.66. The highest BCUT2D eigenvalue weighted by Crippen LogP contribution is 2.31. The van der Waals surface area contributed by atoms with Crippen molar-refractivity contribution in [3.05, 3.63) is 83.4 Å². The number of hydrogen-bond donors (Lipinski definition) is 2. The van der Waals surface area contributed by atoms with E-state index in [1.807, 2.05) is 50.5 Å². The molecule has 7 nitrogen and oxygen atoms in total. The molecule has 0 bridgehead atoms. The smallest absolute Gasteiger partial charge is 0.248 e. The van der Waals surface area contributed by atoms with Crippen LogP contribution in [0, 0.1) is 12.7 Å². The van der Waals surface area contributed by atoms with Gasteiger partial charge in [0.15, 0.2) is 0 Å². The van der Waals surface area contributed by atoms with Crippen LogP contribution in [-0.2, 0) is 23.2 Å². The van der Waals surface area contributed by atoms with E-state index in [2.05, 4.69) is 15.7 Å². The van der Waals surface area contributed by atoms with Crippen molar-refractivity contribution in [2.45, 2.75) is 57.7 Å². The van der Waals surface area contributed by atoms with E-state index in [1.165, 1.54) is 23.5 Å². The van der Waals surface area contributed by atoms with Gasteiger partial charge in [0.2, 0.25) is 11.8 Å². The number of anilines is 1. The Labute approximate surface area is 211 Å². The number of nitrogens with one attached hydrogen (secondary N) is 2. The van der Waals surface area contributed by atoms with Crippen LogP contribution in [0.5, 0.6) is 0 Å². The molecule has 190 valence electrons. The monoisotopic (exact) mass is 491 g/mol. The lowest BCUT2D eigenvalue weighted by atomic mass is 9.93. The highest BCUT2D eigenvalue weighted by Gasteiger charge is 2.34. The first-order chi connectivity index (χ1) is 17.4. The first-order valence-electron chi connectivity index (χ1n) is 12.5. The van der Waals surface area contributed by atoms with Gasteiger partial charge in [-0.2, -0.15) is 5.10 Å². The number of aryl methyl sites for hydroxylation is 2. The van der Waals surface area contributed by atoms with Crippen molar-refractivity contribution < 1.29 is 14.0 Å². The number of nitrogens with zero attached hydrogens (tertiary/aromatic N) is 3. The number of halogens is 1. The van der Waals surface area contributed by atoms with Crippen LogP contribution >= 0.6 is 0 Å². The predicted molar refractivity (Wildman–Crippen MR) is 138 cm³/mol. The van der Waals surface area contributed by atoms with E-state index in [1.54, 1.807) is 16.8 Å². The van der Waals surface area contributed by atoms with Crippen molar-refractivity contribution in [3.8, 4) is 0 Å². The second-order valence-corrected chi connectivity index (χ2v) is 9.43. The quantitative estimate of drug-likeness (QED) is 0.471. The third-order valence-corrected chi connectivity index (χ3v) is 6.65. The van der Waals surface area contributed by atoms with Gasteiger partial charge in [-0.05, 0) is 55.2 Å². The Kier molecular flexibility index (Phi) is 8.48. The van der Waals surface area contributed by atoms with Gasteiger partial charge in [0.25, 0.3) is 0 Å². The molecule has 0 radical (unpaired) electrons. The molecule has 1 aliphatic carbocycles. The summed E-state index contributed by atoms with van der Waals surface area (Å²) in [4.78, 5) is 29.0. The lowest BCUT2D eigenvalue weighted by Gasteiger charge is -2.34. The molecule has 1 unspecified atom stereocenters. The second-order valence-electron chi connectivity index (χ2n) is 9.43.